The Hall–Kier alpha value is -0.600. The number of carbonyl (C=O) groups excluding carboxylic acids is 1. The van der Waals surface area contributed by atoms with Crippen LogP contribution in [0, 0.1) is 0 Å². The van der Waals surface area contributed by atoms with E-state index in [0.29, 0.717) is 24.7 Å². The third-order valence-corrected chi connectivity index (χ3v) is 5.18. The smallest absolute Gasteiger partial charge is 0.244 e. The molecule has 0 bridgehead atoms. The summed E-state index contributed by atoms with van der Waals surface area (Å²) in [7, 11) is -3.33. The Morgan fingerprint density at radius 3 is 2.89 bits per heavy atom. The molecule has 1 saturated heterocycles. The number of hydrogen-bond donors (Lipinski definition) is 1. The fraction of sp³-hybridized carbons (Fsp3) is 0.800. The molecule has 1 fully saturated rings. The van der Waals surface area contributed by atoms with Gasteiger partial charge in [0.2, 0.25) is 15.9 Å². The summed E-state index contributed by atoms with van der Waals surface area (Å²) in [5, 5.41) is 3.33. The Balaban J connectivity index is 2.06. The zero-order valence-electron chi connectivity index (χ0n) is 10.3. The minimum atomic E-state index is -3.33. The Kier molecular flexibility index (Phi) is 4.29. The first-order chi connectivity index (χ1) is 8.48. The number of nitrogens with one attached hydrogen (secondary N) is 1. The number of nitrogens with zero attached hydrogens (tertiary/aromatic N) is 2. The van der Waals surface area contributed by atoms with Crippen molar-refractivity contribution in [2.75, 3.05) is 25.1 Å². The number of thioether (sulfide) groups is 1. The quantitative estimate of drug-likeness (QED) is 0.778. The van der Waals surface area contributed by atoms with Gasteiger partial charge in [0.25, 0.3) is 0 Å². The van der Waals surface area contributed by atoms with Crippen LogP contribution in [0.5, 0.6) is 0 Å². The topological polar surface area (TPSA) is 78.8 Å². The van der Waals surface area contributed by atoms with Gasteiger partial charge in [-0.05, 0) is 12.8 Å². The minimum absolute atomic E-state index is 0.256. The molecule has 0 unspecified atom stereocenters. The van der Waals surface area contributed by atoms with Crippen LogP contribution in [-0.4, -0.2) is 54.9 Å². The minimum Gasteiger partial charge on any atom is -0.304 e. The highest BCUT2D eigenvalue weighted by atomic mass is 32.2. The zero-order chi connectivity index (χ0) is 13.2. The number of rotatable bonds is 2. The van der Waals surface area contributed by atoms with E-state index in [1.807, 2.05) is 0 Å². The molecule has 0 radical (unpaired) electrons. The fourth-order valence-corrected chi connectivity index (χ4v) is 4.02. The highest BCUT2D eigenvalue weighted by molar-refractivity contribution is 8.14. The van der Waals surface area contributed by atoms with Crippen molar-refractivity contribution in [3.63, 3.8) is 0 Å². The molecular weight excluding hydrogens is 274 g/mol. The highest BCUT2D eigenvalue weighted by Crippen LogP contribution is 2.20. The molecule has 18 heavy (non-hydrogen) atoms. The summed E-state index contributed by atoms with van der Waals surface area (Å²) in [6, 6.07) is -0.586. The third kappa shape index (κ3) is 3.24. The largest absolute Gasteiger partial charge is 0.304 e. The van der Waals surface area contributed by atoms with Gasteiger partial charge in [-0.1, -0.05) is 18.2 Å². The van der Waals surface area contributed by atoms with Crippen molar-refractivity contribution >= 4 is 32.9 Å². The zero-order valence-corrected chi connectivity index (χ0v) is 11.9. The van der Waals surface area contributed by atoms with Crippen LogP contribution in [0.2, 0.25) is 0 Å². The van der Waals surface area contributed by atoms with Crippen LogP contribution in [0.4, 0.5) is 0 Å². The predicted octanol–water partition coefficient (Wildman–Crippen LogP) is 0.0195. The van der Waals surface area contributed by atoms with Crippen LogP contribution < -0.4 is 5.32 Å². The maximum absolute atomic E-state index is 12.1. The lowest BCUT2D eigenvalue weighted by atomic mass is 10.0. The average Bonchev–Trinajstić information content (AvgIpc) is 2.80. The van der Waals surface area contributed by atoms with Crippen LogP contribution >= 0.6 is 11.8 Å². The molecule has 0 spiro atoms. The van der Waals surface area contributed by atoms with Gasteiger partial charge in [0.15, 0.2) is 5.17 Å². The van der Waals surface area contributed by atoms with Crippen molar-refractivity contribution in [2.45, 2.75) is 25.3 Å². The molecule has 2 heterocycles. The van der Waals surface area contributed by atoms with Crippen LogP contribution in [0.25, 0.3) is 0 Å². The second-order valence-electron chi connectivity index (χ2n) is 4.41. The summed E-state index contributed by atoms with van der Waals surface area (Å²) < 4.78 is 24.6. The van der Waals surface area contributed by atoms with E-state index in [2.05, 4.69) is 10.3 Å². The number of amides is 1. The molecule has 0 aromatic rings. The van der Waals surface area contributed by atoms with Gasteiger partial charge in [-0.25, -0.2) is 8.42 Å². The summed E-state index contributed by atoms with van der Waals surface area (Å²) in [4.78, 5) is 16.2. The summed E-state index contributed by atoms with van der Waals surface area (Å²) >= 11 is 1.49. The van der Waals surface area contributed by atoms with Gasteiger partial charge >= 0.3 is 0 Å². The van der Waals surface area contributed by atoms with Crippen molar-refractivity contribution in [3.8, 4) is 0 Å². The Labute approximate surface area is 111 Å². The lowest BCUT2D eigenvalue weighted by molar-refractivity contribution is -0.124. The number of aliphatic imine (C=N–C) groups is 1. The first kappa shape index (κ1) is 13.8. The normalized spacial score (nSPS) is 25.8. The van der Waals surface area contributed by atoms with E-state index in [1.165, 1.54) is 16.1 Å². The molecule has 8 heteroatoms. The van der Waals surface area contributed by atoms with E-state index in [4.69, 9.17) is 0 Å². The first-order valence-corrected chi connectivity index (χ1v) is 8.77. The maximum atomic E-state index is 12.1. The molecule has 2 aliphatic heterocycles. The van der Waals surface area contributed by atoms with E-state index in [0.717, 1.165) is 24.9 Å². The van der Waals surface area contributed by atoms with Crippen molar-refractivity contribution in [3.05, 3.63) is 0 Å². The number of sulfonamides is 1. The summed E-state index contributed by atoms with van der Waals surface area (Å²) in [5.74, 6) is 0.615. The van der Waals surface area contributed by atoms with Crippen molar-refractivity contribution in [1.29, 1.82) is 0 Å². The predicted molar refractivity (Wildman–Crippen MR) is 72.1 cm³/mol. The first-order valence-electron chi connectivity index (χ1n) is 5.93. The number of hydrogen-bond acceptors (Lipinski definition) is 5. The lowest BCUT2D eigenvalue weighted by Crippen LogP contribution is -2.52. The molecule has 2 aliphatic rings. The molecule has 6 nitrogen and oxygen atoms in total. The van der Waals surface area contributed by atoms with Gasteiger partial charge < -0.3 is 5.32 Å². The summed E-state index contributed by atoms with van der Waals surface area (Å²) in [5.41, 5.74) is 0. The maximum Gasteiger partial charge on any atom is 0.244 e. The Morgan fingerprint density at radius 1 is 1.50 bits per heavy atom. The van der Waals surface area contributed by atoms with E-state index in [1.54, 1.807) is 0 Å². The van der Waals surface area contributed by atoms with Gasteiger partial charge in [0, 0.05) is 12.3 Å². The summed E-state index contributed by atoms with van der Waals surface area (Å²) in [6.07, 6.45) is 3.42. The highest BCUT2D eigenvalue weighted by Gasteiger charge is 2.34. The van der Waals surface area contributed by atoms with Gasteiger partial charge in [0.1, 0.15) is 6.04 Å². The Morgan fingerprint density at radius 2 is 2.28 bits per heavy atom. The molecule has 0 saturated carbocycles. The van der Waals surface area contributed by atoms with Crippen LogP contribution in [0.15, 0.2) is 4.99 Å². The molecule has 0 aromatic heterocycles. The molecule has 0 aromatic carbocycles. The fourth-order valence-electron chi connectivity index (χ4n) is 2.16. The average molecular weight is 291 g/mol. The van der Waals surface area contributed by atoms with Crippen molar-refractivity contribution in [2.24, 2.45) is 4.99 Å². The van der Waals surface area contributed by atoms with Crippen molar-refractivity contribution < 1.29 is 13.2 Å². The molecule has 2 rings (SSSR count). The number of carbonyl (C=O) groups is 1. The lowest BCUT2D eigenvalue weighted by Gasteiger charge is -2.32. The Bertz CT molecular complexity index is 461. The van der Waals surface area contributed by atoms with Crippen LogP contribution in [0.1, 0.15) is 19.3 Å². The van der Waals surface area contributed by atoms with E-state index in [9.17, 15) is 13.2 Å². The van der Waals surface area contributed by atoms with Crippen molar-refractivity contribution in [1.82, 2.24) is 9.62 Å². The van der Waals surface area contributed by atoms with Gasteiger partial charge in [-0.15, -0.1) is 0 Å². The SMILES string of the molecule is CS(=O)(=O)N1CCCC[C@@H]1C(=O)NC1=NCCS1. The molecule has 0 aliphatic carbocycles. The molecule has 1 N–H and O–H groups in total. The molecule has 102 valence electrons. The van der Waals surface area contributed by atoms with E-state index in [-0.39, 0.29) is 5.91 Å². The summed E-state index contributed by atoms with van der Waals surface area (Å²) in [6.45, 7) is 1.14. The molecular formula is C10H17N3O3S2. The van der Waals surface area contributed by atoms with Gasteiger partial charge in [-0.2, -0.15) is 4.31 Å². The van der Waals surface area contributed by atoms with E-state index >= 15 is 0 Å². The van der Waals surface area contributed by atoms with Crippen LogP contribution in [-0.2, 0) is 14.8 Å². The van der Waals surface area contributed by atoms with Crippen LogP contribution in [0.3, 0.4) is 0 Å². The third-order valence-electron chi connectivity index (χ3n) is 3.00. The monoisotopic (exact) mass is 291 g/mol. The van der Waals surface area contributed by atoms with Gasteiger partial charge in [-0.3, -0.25) is 9.79 Å². The second-order valence-corrected chi connectivity index (χ2v) is 7.43. The second kappa shape index (κ2) is 5.58. The van der Waals surface area contributed by atoms with Gasteiger partial charge in [0.05, 0.1) is 12.8 Å². The molecule has 1 amide bonds. The standard InChI is InChI=1S/C10H17N3O3S2/c1-18(15,16)13-6-3-2-4-8(13)9(14)12-10-11-5-7-17-10/h8H,2-7H2,1H3,(H,11,12,14)/t8-/m1/s1. The van der Waals surface area contributed by atoms with E-state index < -0.39 is 16.1 Å². The number of amidine groups is 1. The molecule has 1 atom stereocenters. The number of piperidine rings is 1.